The maximum atomic E-state index is 12.1. The molecule has 1 saturated heterocycles. The molecule has 2 rings (SSSR count). The van der Waals surface area contributed by atoms with Gasteiger partial charge in [-0.2, -0.15) is 0 Å². The first kappa shape index (κ1) is 14.9. The average molecular weight is 319 g/mol. The summed E-state index contributed by atoms with van der Waals surface area (Å²) in [5.74, 6) is -1.11. The lowest BCUT2D eigenvalue weighted by molar-refractivity contribution is -0.147. The second-order valence-corrected chi connectivity index (χ2v) is 5.08. The van der Waals surface area contributed by atoms with Crippen LogP contribution in [0.4, 0.5) is 10.5 Å². The molecule has 1 aromatic rings. The zero-order valence-electron chi connectivity index (χ0n) is 10.3. The van der Waals surface area contributed by atoms with E-state index < -0.39 is 18.0 Å². The van der Waals surface area contributed by atoms with E-state index in [1.54, 1.807) is 0 Å². The second kappa shape index (κ2) is 6.30. The highest BCUT2D eigenvalue weighted by atomic mass is 35.5. The predicted molar refractivity (Wildman–Crippen MR) is 74.4 cm³/mol. The van der Waals surface area contributed by atoms with E-state index in [2.05, 4.69) is 5.32 Å². The highest BCUT2D eigenvalue weighted by Gasteiger charge is 2.32. The number of morpholine rings is 1. The number of halogens is 2. The molecule has 0 spiro atoms. The van der Waals surface area contributed by atoms with Crippen LogP contribution in [-0.2, 0) is 9.53 Å². The summed E-state index contributed by atoms with van der Waals surface area (Å²) in [6.07, 6.45) is 0. The monoisotopic (exact) mass is 318 g/mol. The number of urea groups is 1. The molecule has 1 aliphatic rings. The minimum absolute atomic E-state index is 0.0287. The summed E-state index contributed by atoms with van der Waals surface area (Å²) in [6, 6.07) is 3.06. The molecule has 1 aliphatic heterocycles. The summed E-state index contributed by atoms with van der Waals surface area (Å²) >= 11 is 11.7. The van der Waals surface area contributed by atoms with Gasteiger partial charge in [0, 0.05) is 22.3 Å². The van der Waals surface area contributed by atoms with Crippen LogP contribution < -0.4 is 5.32 Å². The van der Waals surface area contributed by atoms with Crippen molar-refractivity contribution in [1.82, 2.24) is 4.90 Å². The second-order valence-electron chi connectivity index (χ2n) is 4.21. The van der Waals surface area contributed by atoms with E-state index in [9.17, 15) is 9.59 Å². The molecular formula is C12H12Cl2N2O4. The Morgan fingerprint density at radius 1 is 1.30 bits per heavy atom. The van der Waals surface area contributed by atoms with Crippen LogP contribution in [-0.4, -0.2) is 47.8 Å². The van der Waals surface area contributed by atoms with Crippen molar-refractivity contribution in [3.05, 3.63) is 28.2 Å². The van der Waals surface area contributed by atoms with Crippen LogP contribution in [0.1, 0.15) is 0 Å². The van der Waals surface area contributed by atoms with Gasteiger partial charge in [-0.1, -0.05) is 23.2 Å². The summed E-state index contributed by atoms with van der Waals surface area (Å²) in [5.41, 5.74) is 0.406. The number of benzene rings is 1. The summed E-state index contributed by atoms with van der Waals surface area (Å²) < 4.78 is 5.07. The van der Waals surface area contributed by atoms with Crippen molar-refractivity contribution in [2.75, 3.05) is 25.1 Å². The average Bonchev–Trinajstić information content (AvgIpc) is 2.37. The fourth-order valence-electron chi connectivity index (χ4n) is 1.87. The molecule has 0 aromatic heterocycles. The van der Waals surface area contributed by atoms with Crippen LogP contribution in [0.3, 0.4) is 0 Å². The molecule has 0 saturated carbocycles. The Bertz CT molecular complexity index is 518. The van der Waals surface area contributed by atoms with E-state index in [-0.39, 0.29) is 13.2 Å². The van der Waals surface area contributed by atoms with Gasteiger partial charge in [-0.3, -0.25) is 0 Å². The van der Waals surface area contributed by atoms with Gasteiger partial charge in [0.25, 0.3) is 0 Å². The van der Waals surface area contributed by atoms with Crippen LogP contribution in [0.25, 0.3) is 0 Å². The van der Waals surface area contributed by atoms with E-state index >= 15 is 0 Å². The Morgan fingerprint density at radius 2 is 1.95 bits per heavy atom. The minimum atomic E-state index is -1.11. The van der Waals surface area contributed by atoms with E-state index in [4.69, 9.17) is 33.0 Å². The first-order chi connectivity index (χ1) is 9.47. The summed E-state index contributed by atoms with van der Waals surface area (Å²) in [6.45, 7) is 0.476. The molecule has 1 unspecified atom stereocenters. The Balaban J connectivity index is 2.11. The molecule has 1 atom stereocenters. The number of carboxylic acids is 1. The maximum absolute atomic E-state index is 12.1. The van der Waals surface area contributed by atoms with Crippen LogP contribution in [0.15, 0.2) is 18.2 Å². The summed E-state index contributed by atoms with van der Waals surface area (Å²) in [5, 5.41) is 12.4. The lowest BCUT2D eigenvalue weighted by Crippen LogP contribution is -2.53. The van der Waals surface area contributed by atoms with Gasteiger partial charge in [0.05, 0.1) is 13.2 Å². The van der Waals surface area contributed by atoms with Gasteiger partial charge in [-0.15, -0.1) is 0 Å². The molecule has 2 amide bonds. The first-order valence-corrected chi connectivity index (χ1v) is 6.57. The molecule has 1 heterocycles. The topological polar surface area (TPSA) is 78.9 Å². The minimum Gasteiger partial charge on any atom is -0.480 e. The molecule has 6 nitrogen and oxygen atoms in total. The van der Waals surface area contributed by atoms with Crippen LogP contribution in [0.2, 0.25) is 10.0 Å². The molecule has 0 radical (unpaired) electrons. The quantitative estimate of drug-likeness (QED) is 0.877. The highest BCUT2D eigenvalue weighted by molar-refractivity contribution is 6.35. The van der Waals surface area contributed by atoms with Crippen molar-refractivity contribution in [3.8, 4) is 0 Å². The first-order valence-electron chi connectivity index (χ1n) is 5.81. The van der Waals surface area contributed by atoms with Crippen molar-refractivity contribution < 1.29 is 19.4 Å². The third kappa shape index (κ3) is 3.53. The number of rotatable bonds is 2. The van der Waals surface area contributed by atoms with Crippen molar-refractivity contribution in [3.63, 3.8) is 0 Å². The van der Waals surface area contributed by atoms with Gasteiger partial charge in [0.2, 0.25) is 0 Å². The third-order valence-corrected chi connectivity index (χ3v) is 3.22. The largest absolute Gasteiger partial charge is 0.480 e. The molecule has 1 fully saturated rings. The van der Waals surface area contributed by atoms with E-state index in [1.165, 1.54) is 23.1 Å². The van der Waals surface area contributed by atoms with Gasteiger partial charge >= 0.3 is 12.0 Å². The lowest BCUT2D eigenvalue weighted by atomic mass is 10.2. The van der Waals surface area contributed by atoms with Crippen molar-refractivity contribution in [1.29, 1.82) is 0 Å². The normalized spacial score (nSPS) is 18.7. The van der Waals surface area contributed by atoms with Gasteiger partial charge in [0.15, 0.2) is 6.04 Å². The number of amides is 2. The predicted octanol–water partition coefficient (Wildman–Crippen LogP) is 2.31. The molecule has 2 N–H and O–H groups in total. The number of nitrogens with one attached hydrogen (secondary N) is 1. The third-order valence-electron chi connectivity index (χ3n) is 2.79. The molecule has 0 bridgehead atoms. The lowest BCUT2D eigenvalue weighted by Gasteiger charge is -2.32. The van der Waals surface area contributed by atoms with Crippen LogP contribution >= 0.6 is 23.2 Å². The molecule has 0 aliphatic carbocycles. The van der Waals surface area contributed by atoms with Crippen LogP contribution in [0, 0.1) is 0 Å². The van der Waals surface area contributed by atoms with E-state index in [0.717, 1.165) is 0 Å². The maximum Gasteiger partial charge on any atom is 0.328 e. The zero-order valence-corrected chi connectivity index (χ0v) is 11.8. The fraction of sp³-hybridized carbons (Fsp3) is 0.333. The Labute approximate surface area is 125 Å². The smallest absolute Gasteiger partial charge is 0.328 e. The van der Waals surface area contributed by atoms with E-state index in [1.807, 2.05) is 0 Å². The van der Waals surface area contributed by atoms with Gasteiger partial charge in [-0.25, -0.2) is 9.59 Å². The summed E-state index contributed by atoms with van der Waals surface area (Å²) in [7, 11) is 0. The Kier molecular flexibility index (Phi) is 4.69. The van der Waals surface area contributed by atoms with Crippen molar-refractivity contribution in [2.45, 2.75) is 6.04 Å². The molecule has 8 heteroatoms. The molecule has 108 valence electrons. The SMILES string of the molecule is O=C(O)C1COCCN1C(=O)Nc1cc(Cl)cc(Cl)c1. The van der Waals surface area contributed by atoms with Gasteiger partial charge in [-0.05, 0) is 18.2 Å². The van der Waals surface area contributed by atoms with Crippen molar-refractivity contribution >= 4 is 40.9 Å². The van der Waals surface area contributed by atoms with Gasteiger partial charge < -0.3 is 20.1 Å². The molecule has 1 aromatic carbocycles. The Hall–Kier alpha value is -1.50. The number of hydrogen-bond donors (Lipinski definition) is 2. The number of carbonyl (C=O) groups is 2. The number of nitrogens with zero attached hydrogens (tertiary/aromatic N) is 1. The highest BCUT2D eigenvalue weighted by Crippen LogP contribution is 2.23. The summed E-state index contributed by atoms with van der Waals surface area (Å²) in [4.78, 5) is 24.4. The fourth-order valence-corrected chi connectivity index (χ4v) is 2.40. The number of carboxylic acid groups (broad SMARTS) is 1. The van der Waals surface area contributed by atoms with Crippen LogP contribution in [0.5, 0.6) is 0 Å². The Morgan fingerprint density at radius 3 is 2.55 bits per heavy atom. The zero-order chi connectivity index (χ0) is 14.7. The molecule has 20 heavy (non-hydrogen) atoms. The molecular weight excluding hydrogens is 307 g/mol. The van der Waals surface area contributed by atoms with E-state index in [0.29, 0.717) is 22.3 Å². The van der Waals surface area contributed by atoms with Gasteiger partial charge in [0.1, 0.15) is 0 Å². The number of carbonyl (C=O) groups excluding carboxylic acids is 1. The number of aliphatic carboxylic acids is 1. The standard InChI is InChI=1S/C12H12Cl2N2O4/c13-7-3-8(14)5-9(4-7)15-12(19)16-1-2-20-6-10(16)11(17)18/h3-5,10H,1-2,6H2,(H,15,19)(H,17,18). The number of ether oxygens (including phenoxy) is 1. The van der Waals surface area contributed by atoms with Crippen molar-refractivity contribution in [2.24, 2.45) is 0 Å². The number of hydrogen-bond acceptors (Lipinski definition) is 3. The number of anilines is 1.